The predicted octanol–water partition coefficient (Wildman–Crippen LogP) is 15.4. The smallest absolute Gasteiger partial charge is 0.410 e. The Bertz CT molecular complexity index is 5640. The number of carboxylic acids is 1. The van der Waals surface area contributed by atoms with E-state index in [0.29, 0.717) is 55.8 Å². The summed E-state index contributed by atoms with van der Waals surface area (Å²) in [4.78, 5) is 50.4. The monoisotopic (exact) mass is 2050 g/mol. The molecule has 1 atom stereocenters. The molecule has 40 nitrogen and oxygen atoms in total. The molecule has 19 heterocycles. The molecule has 6 fully saturated rings. The summed E-state index contributed by atoms with van der Waals surface area (Å²) in [7, 11) is 1.69. The molecule has 6 aliphatic heterocycles. The van der Waals surface area contributed by atoms with Gasteiger partial charge < -0.3 is 44.5 Å². The Morgan fingerprint density at radius 1 is 0.399 bits per heavy atom. The second-order valence-electron chi connectivity index (χ2n) is 40.1. The average Bonchev–Trinajstić information content (AvgIpc) is 1.55. The minimum atomic E-state index is -0.872. The number of carbonyl (C=O) groups excluding carboxylic acids is 3. The van der Waals surface area contributed by atoms with Crippen LogP contribution >= 0.6 is 0 Å². The lowest BCUT2D eigenvalue weighted by atomic mass is 10.1. The number of aryl methyl sites for hydroxylation is 15. The van der Waals surface area contributed by atoms with Crippen molar-refractivity contribution in [2.45, 2.75) is 298 Å². The summed E-state index contributed by atoms with van der Waals surface area (Å²) in [6.45, 7) is 63.9. The van der Waals surface area contributed by atoms with Crippen molar-refractivity contribution in [3.63, 3.8) is 0 Å². The third-order valence-electron chi connectivity index (χ3n) is 23.3. The van der Waals surface area contributed by atoms with Gasteiger partial charge in [0.05, 0.1) is 151 Å². The molecule has 0 saturated carbocycles. The van der Waals surface area contributed by atoms with Crippen LogP contribution in [0.25, 0.3) is 0 Å². The van der Waals surface area contributed by atoms with Gasteiger partial charge in [-0.1, -0.05) is 13.8 Å². The summed E-state index contributed by atoms with van der Waals surface area (Å²) in [5, 5.41) is 68.7. The van der Waals surface area contributed by atoms with E-state index >= 15 is 0 Å². The number of Topliss-reactive ketones (excluding diaryl/α,β-unsaturated/α-hetero) is 1. The Morgan fingerprint density at radius 3 is 1.11 bits per heavy atom. The summed E-state index contributed by atoms with van der Waals surface area (Å²) in [6.07, 6.45) is 59.5. The number of hydrogen-bond donors (Lipinski definition) is 3. The van der Waals surface area contributed by atoms with Crippen molar-refractivity contribution in [1.29, 1.82) is 0 Å². The van der Waals surface area contributed by atoms with Gasteiger partial charge in [-0.2, -0.15) is 66.3 Å². The highest BCUT2D eigenvalue weighted by molar-refractivity contribution is 5.76. The number of hydrogen-bond acceptors (Lipinski definition) is 24. The third-order valence-corrected chi connectivity index (χ3v) is 23.3. The van der Waals surface area contributed by atoms with Gasteiger partial charge in [0.25, 0.3) is 0 Å². The molecular weight excluding hydrogens is 1880 g/mol. The molecule has 0 aliphatic carbocycles. The first-order valence-corrected chi connectivity index (χ1v) is 52.0. The molecule has 0 radical (unpaired) electrons. The maximum Gasteiger partial charge on any atom is 0.410 e. The lowest BCUT2D eigenvalue weighted by Crippen LogP contribution is -2.42. The van der Waals surface area contributed by atoms with Crippen LogP contribution in [0.15, 0.2) is 161 Å². The summed E-state index contributed by atoms with van der Waals surface area (Å²) in [5.74, 6) is 0.121. The molecule has 3 N–H and O–H groups in total. The number of alkyl halides is 1. The first-order valence-electron chi connectivity index (χ1n) is 52.0. The summed E-state index contributed by atoms with van der Waals surface area (Å²) in [6, 6.07) is 2.65. The van der Waals surface area contributed by atoms with Gasteiger partial charge in [-0.3, -0.25) is 80.1 Å². The third kappa shape index (κ3) is 50.3. The zero-order chi connectivity index (χ0) is 108. The Hall–Kier alpha value is -12.7. The topological polar surface area (TPSA) is 391 Å². The predicted molar refractivity (Wildman–Crippen MR) is 574 cm³/mol. The van der Waals surface area contributed by atoms with Gasteiger partial charge in [-0.05, 0) is 294 Å². The summed E-state index contributed by atoms with van der Waals surface area (Å²) >= 11 is 0. The first-order chi connectivity index (χ1) is 70.7. The largest absolute Gasteiger partial charge is 0.480 e. The standard InChI is InChI=1S/C14H23N3O2.C10H17N3O.C10H15N3O.C9H15N3.C9H14N2O.C8H13N3.C8H14N2.C7H10N2O.C7H12N2O.C7H12N2.C6H9FN2.C6H8N2O2.C6H10N2/c1-11-9-15-17(10-11)12-5-7-16(8-6-12)13(18)19-14(2,3)4;1-10-8-11-13(9-10)3-2-12-4-6-14-7-5-12;1-9-6-11-13(7-9)8-10(14)12-4-2-3-5-12;1-8-6-11-12(7-8)9-2-4-10-5-3-9;1-8-6-10-11(7-8)9-2-4-12-5-3-9;1-7-4-10-11(6-7)8-2-3-9-5-8;1-7(2)5-10-6-8(3)4-9-10;1-6-3-8-9(4-6)5-7(2)10;1-7-5-8-9(6-7)3-4-10-2;1-6(2)9-5-7(3)4-8-9;1-6-4-8-9(5-6)3-2-7;1-5-2-7-8(3-5)4-6(9)10;1-3-8-5-6(2)4-7-8/h9-10,12H,5-8H2,1-4H3;8-9H,2-7H2,1H3;6-7H,2-5,8H2,1H3;6-7,9-10H,2-5H2,1H3;6-7,9H,2-5H2,1H3;4,6,8-9H,2-3,5H2,1H3;4,6-7H,5H2,1-3H3;3-4H,5H2,1-2H3;5-6H,3-4H2,1-2H3;4-6H,1-3H3;4-5H,2-3H2,1H3;2-3H,4H2,1H3,(H,9,10);4-5H,3H2,1-2H3/t;;;;;8-;;;;;;;/m.....0......./s1. The highest BCUT2D eigenvalue weighted by Gasteiger charge is 2.29. The van der Waals surface area contributed by atoms with Crippen LogP contribution in [0.3, 0.4) is 0 Å². The molecule has 0 aromatic carbocycles. The normalized spacial score (nSPS) is 15.1. The van der Waals surface area contributed by atoms with Crippen LogP contribution in [0.5, 0.6) is 0 Å². The van der Waals surface area contributed by atoms with E-state index in [9.17, 15) is 23.6 Å². The highest BCUT2D eigenvalue weighted by atomic mass is 19.1. The zero-order valence-electron chi connectivity index (χ0n) is 92.6. The fourth-order valence-corrected chi connectivity index (χ4v) is 15.7. The lowest BCUT2D eigenvalue weighted by Gasteiger charge is -2.33. The molecule has 13 aromatic heterocycles. The molecule has 0 spiro atoms. The molecule has 41 heteroatoms. The van der Waals surface area contributed by atoms with Gasteiger partial charge in [0.1, 0.15) is 25.4 Å². The summed E-state index contributed by atoms with van der Waals surface area (Å²) < 4.78 is 56.8. The van der Waals surface area contributed by atoms with Gasteiger partial charge in [0.2, 0.25) is 5.91 Å². The maximum absolute atomic E-state index is 11.9. The zero-order valence-corrected chi connectivity index (χ0v) is 92.6. The molecule has 13 aromatic rings. The number of nitrogens with one attached hydrogen (secondary N) is 2. The number of nitrogens with zero attached hydrogens (tertiary/aromatic N) is 29. The van der Waals surface area contributed by atoms with Crippen LogP contribution in [0.2, 0.25) is 0 Å². The Labute approximate surface area is 875 Å². The number of carbonyl (C=O) groups is 4. The van der Waals surface area contributed by atoms with Gasteiger partial charge in [-0.25, -0.2) is 9.18 Å². The van der Waals surface area contributed by atoms with Crippen LogP contribution in [0, 0.1) is 95.9 Å². The molecule has 19 rings (SSSR count). The van der Waals surface area contributed by atoms with E-state index in [1.54, 1.807) is 64.0 Å². The van der Waals surface area contributed by atoms with Crippen molar-refractivity contribution in [2.24, 2.45) is 5.92 Å². The molecule has 816 valence electrons. The SMILES string of the molecule is CC(=O)Cn1cc(C)cn1.CCn1cc(C)cn1.COCCn1cc(C)cn1.Cc1cnn(C(C)C)c1.Cc1cnn(C2CCN(C(=O)OC(C)(C)C)CC2)c1.Cc1cnn(C2CCNCC2)c1.Cc1cnn(C2CCOCC2)c1.Cc1cnn(CC(=O)N2CCCC2)c1.Cc1cnn(CC(=O)O)c1.Cc1cnn(CC(C)C)c1.Cc1cnn(CCF)c1.Cc1cnn(CCN2CCOCC2)c1.Cc1cnn([C@H]2CCNC2)c1. The van der Waals surface area contributed by atoms with Crippen molar-refractivity contribution < 1.29 is 47.6 Å². The molecule has 0 unspecified atom stereocenters. The molecule has 0 bridgehead atoms. The number of rotatable bonds is 22. The fraction of sp³-hybridized carbons (Fsp3) is 0.598. The van der Waals surface area contributed by atoms with E-state index in [2.05, 4.69) is 202 Å². The number of amides is 2. The van der Waals surface area contributed by atoms with E-state index in [1.807, 2.05) is 202 Å². The summed E-state index contributed by atoms with van der Waals surface area (Å²) in [5.41, 5.74) is 14.8. The van der Waals surface area contributed by atoms with E-state index in [1.165, 1.54) is 74.0 Å². The number of aromatic nitrogens is 26. The van der Waals surface area contributed by atoms with Gasteiger partial charge in [-0.15, -0.1) is 0 Å². The number of ether oxygens (including phenoxy) is 4. The number of halogens is 1. The molecule has 6 aliphatic rings. The number of aliphatic carboxylic acids is 1. The van der Waals surface area contributed by atoms with Crippen LogP contribution in [-0.2, 0) is 85.7 Å². The van der Waals surface area contributed by atoms with Crippen molar-refractivity contribution >= 4 is 23.8 Å². The van der Waals surface area contributed by atoms with Crippen molar-refractivity contribution in [3.05, 3.63) is 233 Å². The van der Waals surface area contributed by atoms with E-state index in [-0.39, 0.29) is 31.0 Å². The van der Waals surface area contributed by atoms with Gasteiger partial charge >= 0.3 is 12.1 Å². The minimum absolute atomic E-state index is 0.0617. The maximum atomic E-state index is 11.9. The number of piperidine rings is 2. The number of carboxylic acid groups (broad SMARTS) is 1. The fourth-order valence-electron chi connectivity index (χ4n) is 15.7. The van der Waals surface area contributed by atoms with Crippen LogP contribution < -0.4 is 10.6 Å². The van der Waals surface area contributed by atoms with Crippen molar-refractivity contribution in [1.82, 2.24) is 152 Å². The second kappa shape index (κ2) is 66.6. The molecule has 6 saturated heterocycles. The Morgan fingerprint density at radius 2 is 0.757 bits per heavy atom. The van der Waals surface area contributed by atoms with E-state index < -0.39 is 11.6 Å². The number of methoxy groups -OCH3 is 1. The van der Waals surface area contributed by atoms with Crippen LogP contribution in [-0.4, -0.2) is 295 Å². The Balaban J connectivity index is 0.000000218. The number of morpholine rings is 1. The second-order valence-corrected chi connectivity index (χ2v) is 40.1. The molecule has 2 amide bonds. The number of likely N-dealkylation sites (tertiary alicyclic amines) is 2. The van der Waals surface area contributed by atoms with E-state index in [4.69, 9.17) is 24.1 Å². The molecule has 148 heavy (non-hydrogen) atoms. The molecular formula is C107H172FN31O9. The lowest BCUT2D eigenvalue weighted by molar-refractivity contribution is -0.138. The minimum Gasteiger partial charge on any atom is -0.480 e. The Kier molecular flexibility index (Phi) is 55.0. The quantitative estimate of drug-likeness (QED) is 0.0567. The van der Waals surface area contributed by atoms with Gasteiger partial charge in [0.15, 0.2) is 5.78 Å². The van der Waals surface area contributed by atoms with Gasteiger partial charge in [0, 0.05) is 172 Å². The van der Waals surface area contributed by atoms with Crippen molar-refractivity contribution in [2.75, 3.05) is 119 Å². The number of ketones is 1. The van der Waals surface area contributed by atoms with E-state index in [0.717, 1.165) is 192 Å². The van der Waals surface area contributed by atoms with Crippen LogP contribution in [0.1, 0.15) is 223 Å². The van der Waals surface area contributed by atoms with Crippen molar-refractivity contribution in [3.8, 4) is 0 Å². The highest BCUT2D eigenvalue weighted by Crippen LogP contribution is 2.25. The first kappa shape index (κ1) is 122. The average molecular weight is 2060 g/mol. The van der Waals surface area contributed by atoms with Crippen LogP contribution in [0.4, 0.5) is 9.18 Å².